The molecule has 0 saturated heterocycles. The van der Waals surface area contributed by atoms with Gasteiger partial charge in [-0.15, -0.1) is 0 Å². The van der Waals surface area contributed by atoms with E-state index in [1.807, 2.05) is 34.6 Å². The van der Waals surface area contributed by atoms with Crippen LogP contribution in [-0.2, 0) is 23.8 Å². The fourth-order valence-electron chi connectivity index (χ4n) is 2.01. The lowest BCUT2D eigenvalue weighted by molar-refractivity contribution is -0.145. The number of aliphatic hydroxyl groups excluding tert-OH is 1. The van der Waals surface area contributed by atoms with Gasteiger partial charge in [0.25, 0.3) is 0 Å². The molecule has 8 nitrogen and oxygen atoms in total. The second kappa shape index (κ2) is 22.6. The Kier molecular flexibility index (Phi) is 22.1. The van der Waals surface area contributed by atoms with E-state index in [2.05, 4.69) is 6.58 Å². The third kappa shape index (κ3) is 21.6. The normalized spacial score (nSPS) is 12.2. The van der Waals surface area contributed by atoms with Crippen molar-refractivity contribution in [1.29, 1.82) is 0 Å². The Balaban J connectivity index is 0. The molecule has 0 saturated carbocycles. The van der Waals surface area contributed by atoms with Crippen molar-refractivity contribution in [3.05, 3.63) is 42.5 Å². The molecule has 0 aliphatic rings. The van der Waals surface area contributed by atoms with Crippen LogP contribution >= 0.6 is 0 Å². The van der Waals surface area contributed by atoms with Gasteiger partial charge in [0, 0.05) is 13.0 Å². The van der Waals surface area contributed by atoms with Gasteiger partial charge in [0.15, 0.2) is 0 Å². The van der Waals surface area contributed by atoms with E-state index in [0.29, 0.717) is 24.5 Å². The zero-order valence-corrected chi connectivity index (χ0v) is 23.1. The highest BCUT2D eigenvalue weighted by Gasteiger charge is 2.10. The van der Waals surface area contributed by atoms with E-state index in [1.165, 1.54) is 6.92 Å². The van der Waals surface area contributed by atoms with Crippen molar-refractivity contribution >= 4 is 17.9 Å². The van der Waals surface area contributed by atoms with Gasteiger partial charge in [-0.05, 0) is 77.1 Å². The number of hydrogen-bond acceptors (Lipinski definition) is 8. The highest BCUT2D eigenvalue weighted by Crippen LogP contribution is 2.14. The predicted molar refractivity (Wildman–Crippen MR) is 141 cm³/mol. The molecular weight excluding hydrogens is 464 g/mol. The van der Waals surface area contributed by atoms with Crippen LogP contribution < -0.4 is 4.74 Å². The first-order valence-corrected chi connectivity index (χ1v) is 12.6. The van der Waals surface area contributed by atoms with E-state index in [-0.39, 0.29) is 30.3 Å². The Morgan fingerprint density at radius 2 is 1.39 bits per heavy atom. The highest BCUT2D eigenvalue weighted by molar-refractivity contribution is 5.89. The summed E-state index contributed by atoms with van der Waals surface area (Å²) in [5.41, 5.74) is 0.508. The van der Waals surface area contributed by atoms with E-state index in [0.717, 1.165) is 38.2 Å². The Labute approximate surface area is 217 Å². The first-order valence-electron chi connectivity index (χ1n) is 12.6. The summed E-state index contributed by atoms with van der Waals surface area (Å²) in [7, 11) is 0. The summed E-state index contributed by atoms with van der Waals surface area (Å²) >= 11 is 0. The van der Waals surface area contributed by atoms with Crippen LogP contribution in [-0.4, -0.2) is 54.5 Å². The fraction of sp³-hybridized carbons (Fsp3) is 0.607. The topological polar surface area (TPSA) is 108 Å². The molecule has 8 heteroatoms. The van der Waals surface area contributed by atoms with E-state index in [1.54, 1.807) is 31.2 Å². The number of rotatable bonds is 13. The molecule has 1 N–H and O–H groups in total. The Morgan fingerprint density at radius 1 is 0.889 bits per heavy atom. The summed E-state index contributed by atoms with van der Waals surface area (Å²) in [4.78, 5) is 32.8. The van der Waals surface area contributed by atoms with E-state index in [4.69, 9.17) is 24.1 Å². The second-order valence-corrected chi connectivity index (χ2v) is 8.16. The van der Waals surface area contributed by atoms with Crippen LogP contribution in [0.3, 0.4) is 0 Å². The molecule has 0 amide bonds. The highest BCUT2D eigenvalue weighted by atomic mass is 16.5. The van der Waals surface area contributed by atoms with E-state index >= 15 is 0 Å². The maximum atomic E-state index is 11.8. The molecule has 0 radical (unpaired) electrons. The van der Waals surface area contributed by atoms with Gasteiger partial charge < -0.3 is 24.1 Å². The number of carbonyl (C=O) groups excluding carboxylic acids is 3. The Hall–Kier alpha value is -2.87. The molecule has 1 aromatic rings. The molecule has 0 spiro atoms. The number of esters is 3. The summed E-state index contributed by atoms with van der Waals surface area (Å²) in [6.45, 7) is 17.0. The number of carbonyl (C=O) groups is 3. The van der Waals surface area contributed by atoms with Gasteiger partial charge in [0.1, 0.15) is 5.75 Å². The van der Waals surface area contributed by atoms with Crippen LogP contribution in [0.2, 0.25) is 0 Å². The van der Waals surface area contributed by atoms with Crippen molar-refractivity contribution in [3.8, 4) is 5.75 Å². The molecule has 206 valence electrons. The van der Waals surface area contributed by atoms with Gasteiger partial charge in [-0.3, -0.25) is 4.79 Å². The summed E-state index contributed by atoms with van der Waals surface area (Å²) < 4.78 is 20.4. The van der Waals surface area contributed by atoms with Crippen LogP contribution in [0.5, 0.6) is 5.75 Å². The third-order valence-corrected chi connectivity index (χ3v) is 4.72. The van der Waals surface area contributed by atoms with Gasteiger partial charge in [-0.25, -0.2) is 9.59 Å². The van der Waals surface area contributed by atoms with Crippen molar-refractivity contribution < 1.29 is 38.4 Å². The van der Waals surface area contributed by atoms with Gasteiger partial charge in [0.2, 0.25) is 0 Å². The minimum atomic E-state index is -0.411. The average Bonchev–Trinajstić information content (AvgIpc) is 2.86. The van der Waals surface area contributed by atoms with Gasteiger partial charge >= 0.3 is 17.9 Å². The average molecular weight is 511 g/mol. The molecule has 0 fully saturated rings. The minimum absolute atomic E-state index is 0.0764. The molecule has 1 aromatic carbocycles. The van der Waals surface area contributed by atoms with Crippen LogP contribution in [0.4, 0.5) is 0 Å². The first kappa shape index (κ1) is 35.3. The molecule has 1 rings (SSSR count). The molecular formula is C28H46O8. The van der Waals surface area contributed by atoms with Crippen LogP contribution in [0.25, 0.3) is 0 Å². The molecule has 36 heavy (non-hydrogen) atoms. The number of unbranched alkanes of at least 4 members (excludes halogenated alkanes) is 1. The van der Waals surface area contributed by atoms with Crippen molar-refractivity contribution in [3.63, 3.8) is 0 Å². The van der Waals surface area contributed by atoms with Crippen LogP contribution in [0.15, 0.2) is 36.9 Å². The van der Waals surface area contributed by atoms with Gasteiger partial charge in [-0.2, -0.15) is 0 Å². The zero-order valence-electron chi connectivity index (χ0n) is 23.1. The van der Waals surface area contributed by atoms with Crippen LogP contribution in [0.1, 0.15) is 90.9 Å². The largest absolute Gasteiger partial charge is 0.494 e. The standard InChI is InChI=1S/C18H24O5.C6H12O2.C4H10O/c1-4-14(3)23-18(20)15-8-10-16(11-9-15)21-12-6-7-13-22-17(19)5-2;1-4-5(2)8-6(3)7;1-3-4(2)5/h5,8-11,14H,2,4,6-7,12-13H2,1,3H3;5H,4H2,1-3H3;4-5H,3H2,1-2H3. The first-order chi connectivity index (χ1) is 17.0. The van der Waals surface area contributed by atoms with Crippen LogP contribution in [0, 0.1) is 0 Å². The maximum absolute atomic E-state index is 11.8. The number of ether oxygens (including phenoxy) is 4. The fourth-order valence-corrected chi connectivity index (χ4v) is 2.01. The maximum Gasteiger partial charge on any atom is 0.338 e. The molecule has 0 aromatic heterocycles. The predicted octanol–water partition coefficient (Wildman–Crippen LogP) is 5.66. The minimum Gasteiger partial charge on any atom is -0.494 e. The lowest BCUT2D eigenvalue weighted by atomic mass is 10.2. The lowest BCUT2D eigenvalue weighted by Gasteiger charge is -2.11. The Morgan fingerprint density at radius 3 is 1.81 bits per heavy atom. The lowest BCUT2D eigenvalue weighted by Crippen LogP contribution is -2.13. The molecule has 0 bridgehead atoms. The van der Waals surface area contributed by atoms with Crippen molar-refractivity contribution in [1.82, 2.24) is 0 Å². The molecule has 3 atom stereocenters. The zero-order chi connectivity index (χ0) is 27.9. The molecule has 3 unspecified atom stereocenters. The van der Waals surface area contributed by atoms with Crippen molar-refractivity contribution in [2.24, 2.45) is 0 Å². The van der Waals surface area contributed by atoms with E-state index < -0.39 is 5.97 Å². The molecule has 0 aliphatic carbocycles. The van der Waals surface area contributed by atoms with Gasteiger partial charge in [0.05, 0.1) is 37.1 Å². The summed E-state index contributed by atoms with van der Waals surface area (Å²) in [6.07, 6.45) is 5.04. The molecule has 0 heterocycles. The third-order valence-electron chi connectivity index (χ3n) is 4.72. The quantitative estimate of drug-likeness (QED) is 0.157. The number of aliphatic hydroxyl groups is 1. The second-order valence-electron chi connectivity index (χ2n) is 8.16. The van der Waals surface area contributed by atoms with Gasteiger partial charge in [-0.1, -0.05) is 27.4 Å². The molecule has 0 aliphatic heterocycles. The SMILES string of the molecule is C=CC(=O)OCCCCOc1ccc(C(=O)OC(C)CC)cc1.CCC(C)O.CCC(C)OC(C)=O. The van der Waals surface area contributed by atoms with Crippen molar-refractivity contribution in [2.45, 2.75) is 98.9 Å². The van der Waals surface area contributed by atoms with Crippen molar-refractivity contribution in [2.75, 3.05) is 13.2 Å². The Bertz CT molecular complexity index is 728. The summed E-state index contributed by atoms with van der Waals surface area (Å²) in [5, 5.41) is 8.36. The number of hydrogen-bond donors (Lipinski definition) is 1. The summed E-state index contributed by atoms with van der Waals surface area (Å²) in [5.74, 6) is -0.242. The summed E-state index contributed by atoms with van der Waals surface area (Å²) in [6, 6.07) is 6.85. The smallest absolute Gasteiger partial charge is 0.338 e. The number of benzene rings is 1. The monoisotopic (exact) mass is 510 g/mol. The van der Waals surface area contributed by atoms with E-state index in [9.17, 15) is 14.4 Å².